The molecule has 1 saturated carbocycles. The average molecular weight is 407 g/mol. The number of fused-ring (bicyclic) bond motifs is 6. The highest BCUT2D eigenvalue weighted by Crippen LogP contribution is 2.72. The van der Waals surface area contributed by atoms with Gasteiger partial charge in [0.2, 0.25) is 0 Å². The summed E-state index contributed by atoms with van der Waals surface area (Å²) < 4.78 is 0. The van der Waals surface area contributed by atoms with Gasteiger partial charge in [-0.15, -0.1) is 0 Å². The normalized spacial score (nSPS) is 28.3. The van der Waals surface area contributed by atoms with Crippen LogP contribution < -0.4 is 9.80 Å². The Balaban J connectivity index is 1.57. The quantitative estimate of drug-likeness (QED) is 0.552. The lowest BCUT2D eigenvalue weighted by molar-refractivity contribution is 0.378. The highest BCUT2D eigenvalue weighted by atomic mass is 15.5. The molecule has 2 fully saturated rings. The van der Waals surface area contributed by atoms with Crippen molar-refractivity contribution in [1.82, 2.24) is 0 Å². The molecule has 0 aromatic heterocycles. The maximum Gasteiger partial charge on any atom is 0.170 e. The van der Waals surface area contributed by atoms with E-state index in [1.807, 2.05) is 30.3 Å². The first-order valence-electron chi connectivity index (χ1n) is 10.9. The first-order chi connectivity index (χ1) is 14.9. The predicted octanol–water partition coefficient (Wildman–Crippen LogP) is 5.95. The maximum absolute atomic E-state index is 8.93. The van der Waals surface area contributed by atoms with E-state index < -0.39 is 0 Å². The molecule has 0 amide bonds. The minimum absolute atomic E-state index is 0.0187. The fourth-order valence-electron chi connectivity index (χ4n) is 6.00. The number of nitrogens with one attached hydrogen (secondary N) is 2. The van der Waals surface area contributed by atoms with Crippen LogP contribution >= 0.6 is 0 Å². The molecule has 2 aliphatic heterocycles. The minimum Gasteiger partial charge on any atom is -0.302 e. The first kappa shape index (κ1) is 18.4. The van der Waals surface area contributed by atoms with Gasteiger partial charge in [0.05, 0.1) is 0 Å². The molecule has 154 valence electrons. The molecule has 4 nitrogen and oxygen atoms in total. The molecule has 4 heteroatoms. The molecule has 3 aromatic carbocycles. The van der Waals surface area contributed by atoms with Crippen LogP contribution in [0.3, 0.4) is 0 Å². The highest BCUT2D eigenvalue weighted by molar-refractivity contribution is 6.51. The molecular weight excluding hydrogens is 380 g/mol. The van der Waals surface area contributed by atoms with Crippen molar-refractivity contribution in [3.63, 3.8) is 0 Å². The largest absolute Gasteiger partial charge is 0.302 e. The monoisotopic (exact) mass is 406 g/mol. The fraction of sp³-hybridized carbons (Fsp3) is 0.259. The molecule has 6 rings (SSSR count). The van der Waals surface area contributed by atoms with Crippen LogP contribution in [0.1, 0.15) is 31.4 Å². The number of aryl methyl sites for hydroxylation is 1. The van der Waals surface area contributed by atoms with Gasteiger partial charge in [0.1, 0.15) is 6.17 Å². The molecule has 1 saturated heterocycles. The number of anilines is 2. The number of benzene rings is 3. The van der Waals surface area contributed by atoms with Crippen LogP contribution in [0.15, 0.2) is 72.8 Å². The molecule has 3 unspecified atom stereocenters. The van der Waals surface area contributed by atoms with Gasteiger partial charge in [0.25, 0.3) is 0 Å². The third-order valence-corrected chi connectivity index (χ3v) is 7.96. The molecule has 2 heterocycles. The summed E-state index contributed by atoms with van der Waals surface area (Å²) in [7, 11) is 0. The van der Waals surface area contributed by atoms with E-state index in [1.54, 1.807) is 0 Å². The SMILES string of the molecule is Cc1ccccc1-c1ccc2c(c1)N1C(=N)C(=N)N(c3ccccc3)C1C1(C)CC21C. The third-order valence-electron chi connectivity index (χ3n) is 7.96. The second-order valence-corrected chi connectivity index (χ2v) is 9.62. The van der Waals surface area contributed by atoms with Crippen molar-refractivity contribution in [1.29, 1.82) is 10.8 Å². The van der Waals surface area contributed by atoms with Crippen LogP contribution in [-0.2, 0) is 5.41 Å². The molecule has 1 aliphatic carbocycles. The van der Waals surface area contributed by atoms with Gasteiger partial charge in [-0.3, -0.25) is 10.8 Å². The molecule has 31 heavy (non-hydrogen) atoms. The number of amidine groups is 2. The van der Waals surface area contributed by atoms with Crippen molar-refractivity contribution < 1.29 is 0 Å². The predicted molar refractivity (Wildman–Crippen MR) is 127 cm³/mol. The van der Waals surface area contributed by atoms with Gasteiger partial charge in [0, 0.05) is 22.2 Å². The van der Waals surface area contributed by atoms with Gasteiger partial charge in [-0.05, 0) is 53.8 Å². The Morgan fingerprint density at radius 1 is 0.839 bits per heavy atom. The summed E-state index contributed by atoms with van der Waals surface area (Å²) in [5.41, 5.74) is 7.03. The van der Waals surface area contributed by atoms with Crippen molar-refractivity contribution in [2.75, 3.05) is 9.80 Å². The van der Waals surface area contributed by atoms with Gasteiger partial charge >= 0.3 is 0 Å². The third kappa shape index (κ3) is 2.20. The van der Waals surface area contributed by atoms with E-state index in [9.17, 15) is 0 Å². The fourth-order valence-corrected chi connectivity index (χ4v) is 6.00. The van der Waals surface area contributed by atoms with Crippen LogP contribution in [-0.4, -0.2) is 17.8 Å². The van der Waals surface area contributed by atoms with Crippen LogP contribution in [0.2, 0.25) is 0 Å². The summed E-state index contributed by atoms with van der Waals surface area (Å²) >= 11 is 0. The molecule has 0 bridgehead atoms. The Morgan fingerprint density at radius 3 is 2.26 bits per heavy atom. The highest BCUT2D eigenvalue weighted by Gasteiger charge is 2.73. The van der Waals surface area contributed by atoms with E-state index in [4.69, 9.17) is 10.8 Å². The topological polar surface area (TPSA) is 54.2 Å². The van der Waals surface area contributed by atoms with Crippen LogP contribution in [0.4, 0.5) is 11.4 Å². The lowest BCUT2D eigenvalue weighted by Crippen LogP contribution is -2.51. The summed E-state index contributed by atoms with van der Waals surface area (Å²) in [4.78, 5) is 4.18. The van der Waals surface area contributed by atoms with E-state index in [1.165, 1.54) is 22.3 Å². The van der Waals surface area contributed by atoms with Crippen LogP contribution in [0.25, 0.3) is 11.1 Å². The number of rotatable bonds is 2. The summed E-state index contributed by atoms with van der Waals surface area (Å²) in [6, 6.07) is 25.3. The molecule has 3 aliphatic rings. The first-order valence-corrected chi connectivity index (χ1v) is 10.9. The number of para-hydroxylation sites is 1. The van der Waals surface area contributed by atoms with E-state index in [0.29, 0.717) is 0 Å². The van der Waals surface area contributed by atoms with Crippen LogP contribution in [0.5, 0.6) is 0 Å². The van der Waals surface area contributed by atoms with E-state index >= 15 is 0 Å². The van der Waals surface area contributed by atoms with Gasteiger partial charge < -0.3 is 9.80 Å². The number of hydrogen-bond acceptors (Lipinski definition) is 2. The molecular formula is C27H26N4. The Bertz CT molecular complexity index is 1260. The van der Waals surface area contributed by atoms with E-state index in [2.05, 4.69) is 73.0 Å². The standard InChI is InChI=1S/C27H26N4/c1-17-9-7-8-12-20(17)18-13-14-21-22(15-18)31-24(29)23(28)30(19-10-5-4-6-11-19)25(31)27(3)16-26(21,27)2/h4-15,25,28-29H,16H2,1-3H3. The van der Waals surface area contributed by atoms with E-state index in [0.717, 1.165) is 17.8 Å². The second-order valence-electron chi connectivity index (χ2n) is 9.62. The Morgan fingerprint density at radius 2 is 1.52 bits per heavy atom. The zero-order valence-corrected chi connectivity index (χ0v) is 18.1. The smallest absolute Gasteiger partial charge is 0.170 e. The summed E-state index contributed by atoms with van der Waals surface area (Å²) in [5, 5.41) is 17.8. The lowest BCUT2D eigenvalue weighted by atomic mass is 9.80. The van der Waals surface area contributed by atoms with Crippen LogP contribution in [0, 0.1) is 23.2 Å². The minimum atomic E-state index is -0.0560. The second kappa shape index (κ2) is 5.85. The van der Waals surface area contributed by atoms with Gasteiger partial charge in [-0.25, -0.2) is 0 Å². The van der Waals surface area contributed by atoms with E-state index in [-0.39, 0.29) is 28.7 Å². The van der Waals surface area contributed by atoms with Crippen molar-refractivity contribution in [3.05, 3.63) is 83.9 Å². The van der Waals surface area contributed by atoms with Crippen molar-refractivity contribution >= 4 is 23.0 Å². The molecule has 2 N–H and O–H groups in total. The Kier molecular flexibility index (Phi) is 3.47. The van der Waals surface area contributed by atoms with Crippen molar-refractivity contribution in [2.45, 2.75) is 38.8 Å². The van der Waals surface area contributed by atoms with Crippen molar-refractivity contribution in [2.24, 2.45) is 5.41 Å². The molecule has 0 radical (unpaired) electrons. The lowest BCUT2D eigenvalue weighted by Gasteiger charge is -2.43. The number of nitrogens with zero attached hydrogens (tertiary/aromatic N) is 2. The molecule has 3 atom stereocenters. The van der Waals surface area contributed by atoms with Gasteiger partial charge in [-0.2, -0.15) is 0 Å². The average Bonchev–Trinajstić information content (AvgIpc) is 3.26. The summed E-state index contributed by atoms with van der Waals surface area (Å²) in [5.74, 6) is 0.563. The number of hydrogen-bond donors (Lipinski definition) is 2. The Hall–Kier alpha value is -3.40. The molecule has 3 aromatic rings. The van der Waals surface area contributed by atoms with Gasteiger partial charge in [-0.1, -0.05) is 68.4 Å². The maximum atomic E-state index is 8.93. The summed E-state index contributed by atoms with van der Waals surface area (Å²) in [6.45, 7) is 6.82. The van der Waals surface area contributed by atoms with Crippen molar-refractivity contribution in [3.8, 4) is 11.1 Å². The van der Waals surface area contributed by atoms with Gasteiger partial charge in [0.15, 0.2) is 11.7 Å². The Labute approximate surface area is 183 Å². The molecule has 0 spiro atoms. The zero-order valence-electron chi connectivity index (χ0n) is 18.1. The zero-order chi connectivity index (χ0) is 21.5. The summed E-state index contributed by atoms with van der Waals surface area (Å²) in [6.07, 6.45) is 1.00.